The maximum atomic E-state index is 11.6. The van der Waals surface area contributed by atoms with Gasteiger partial charge in [-0.2, -0.15) is 0 Å². The fourth-order valence-electron chi connectivity index (χ4n) is 4.12. The summed E-state index contributed by atoms with van der Waals surface area (Å²) in [5, 5.41) is 15.0. The van der Waals surface area contributed by atoms with E-state index in [4.69, 9.17) is 27.9 Å². The molecule has 3 rings (SSSR count). The molecule has 0 aliphatic carbocycles. The van der Waals surface area contributed by atoms with E-state index in [1.165, 1.54) is 6.92 Å². The molecule has 1 amide bonds. The zero-order chi connectivity index (χ0) is 18.9. The Morgan fingerprint density at radius 3 is 2.54 bits per heavy atom. The van der Waals surface area contributed by atoms with E-state index in [2.05, 4.69) is 15.2 Å². The molecule has 2 aliphatic rings. The van der Waals surface area contributed by atoms with Crippen LogP contribution in [0.4, 0.5) is 0 Å². The Labute approximate surface area is 163 Å². The number of piperidine rings is 1. The van der Waals surface area contributed by atoms with Gasteiger partial charge in [0.2, 0.25) is 5.91 Å². The highest BCUT2D eigenvalue weighted by atomic mass is 35.5. The van der Waals surface area contributed by atoms with Crippen molar-refractivity contribution < 1.29 is 14.6 Å². The molecule has 0 radical (unpaired) electrons. The fourth-order valence-corrected chi connectivity index (χ4v) is 4.60. The molecule has 1 aromatic heterocycles. The number of likely N-dealkylation sites (tertiary alicyclic amines) is 1. The van der Waals surface area contributed by atoms with E-state index in [0.29, 0.717) is 42.5 Å². The lowest BCUT2D eigenvalue weighted by molar-refractivity contribution is -0.208. The molecule has 2 N–H and O–H groups in total. The van der Waals surface area contributed by atoms with Crippen molar-refractivity contribution in [2.75, 3.05) is 19.7 Å². The molecule has 0 bridgehead atoms. The molecule has 0 unspecified atom stereocenters. The lowest BCUT2D eigenvalue weighted by Gasteiger charge is -2.53. The van der Waals surface area contributed by atoms with Crippen molar-refractivity contribution in [1.29, 1.82) is 0 Å². The van der Waals surface area contributed by atoms with Gasteiger partial charge in [-0.15, -0.1) is 0 Å². The average molecular weight is 402 g/mol. The summed E-state index contributed by atoms with van der Waals surface area (Å²) in [4.78, 5) is 17.8. The van der Waals surface area contributed by atoms with Gasteiger partial charge in [-0.3, -0.25) is 14.7 Å². The first-order valence-corrected chi connectivity index (χ1v) is 9.62. The summed E-state index contributed by atoms with van der Waals surface area (Å²) in [6, 6.07) is 0. The first-order valence-electron chi connectivity index (χ1n) is 8.87. The van der Waals surface area contributed by atoms with E-state index in [0.717, 1.165) is 18.7 Å². The highest BCUT2D eigenvalue weighted by Crippen LogP contribution is 2.40. The monoisotopic (exact) mass is 401 g/mol. The van der Waals surface area contributed by atoms with Crippen LogP contribution in [0.25, 0.3) is 0 Å². The minimum absolute atomic E-state index is 0.136. The Kier molecular flexibility index (Phi) is 5.80. The van der Waals surface area contributed by atoms with Gasteiger partial charge in [-0.25, -0.2) is 0 Å². The Morgan fingerprint density at radius 1 is 1.35 bits per heavy atom. The van der Waals surface area contributed by atoms with Crippen molar-refractivity contribution in [3.8, 4) is 0 Å². The third kappa shape index (κ3) is 3.85. The van der Waals surface area contributed by atoms with E-state index in [9.17, 15) is 9.90 Å². The van der Waals surface area contributed by atoms with Gasteiger partial charge in [0.1, 0.15) is 6.10 Å². The molecule has 2 saturated heterocycles. The first-order chi connectivity index (χ1) is 12.3. The van der Waals surface area contributed by atoms with Crippen LogP contribution >= 0.6 is 23.2 Å². The number of carbonyl (C=O) groups is 1. The van der Waals surface area contributed by atoms with E-state index in [1.54, 1.807) is 12.4 Å². The molecule has 2 fully saturated rings. The zero-order valence-electron chi connectivity index (χ0n) is 15.1. The molecule has 6 nitrogen and oxygen atoms in total. The molecule has 26 heavy (non-hydrogen) atoms. The first kappa shape index (κ1) is 19.8. The fraction of sp³-hybridized carbons (Fsp3) is 0.667. The van der Waals surface area contributed by atoms with Gasteiger partial charge in [0.05, 0.1) is 21.2 Å². The Hall–Kier alpha value is -0.920. The van der Waals surface area contributed by atoms with Crippen LogP contribution in [0.2, 0.25) is 10.0 Å². The summed E-state index contributed by atoms with van der Waals surface area (Å²) in [5.74, 6) is -0.136. The summed E-state index contributed by atoms with van der Waals surface area (Å²) in [6.07, 6.45) is 4.42. The molecule has 0 aromatic carbocycles. The Bertz CT molecular complexity index is 659. The molecular formula is C18H25Cl2N3O3. The van der Waals surface area contributed by atoms with Gasteiger partial charge in [0, 0.05) is 51.1 Å². The van der Waals surface area contributed by atoms with Crippen LogP contribution in [0.5, 0.6) is 0 Å². The second kappa shape index (κ2) is 7.60. The zero-order valence-corrected chi connectivity index (χ0v) is 16.6. The number of aliphatic hydroxyl groups is 1. The number of pyridine rings is 1. The van der Waals surface area contributed by atoms with Crippen LogP contribution in [0.15, 0.2) is 12.4 Å². The number of aliphatic hydroxyl groups excluding tert-OH is 1. The van der Waals surface area contributed by atoms with Crippen LogP contribution < -0.4 is 5.32 Å². The summed E-state index contributed by atoms with van der Waals surface area (Å²) in [6.45, 7) is 6.03. The third-order valence-electron chi connectivity index (χ3n) is 5.61. The summed E-state index contributed by atoms with van der Waals surface area (Å²) in [7, 11) is 0. The van der Waals surface area contributed by atoms with Gasteiger partial charge in [0.25, 0.3) is 0 Å². The second-order valence-electron chi connectivity index (χ2n) is 7.52. The van der Waals surface area contributed by atoms with Crippen molar-refractivity contribution in [3.05, 3.63) is 28.0 Å². The summed E-state index contributed by atoms with van der Waals surface area (Å²) < 4.78 is 6.05. The van der Waals surface area contributed by atoms with E-state index >= 15 is 0 Å². The van der Waals surface area contributed by atoms with Crippen molar-refractivity contribution >= 4 is 29.1 Å². The van der Waals surface area contributed by atoms with Crippen molar-refractivity contribution in [1.82, 2.24) is 15.2 Å². The minimum atomic E-state index is -0.747. The van der Waals surface area contributed by atoms with Gasteiger partial charge in [0.15, 0.2) is 0 Å². The van der Waals surface area contributed by atoms with Crippen LogP contribution in [0.3, 0.4) is 0 Å². The number of amides is 1. The normalized spacial score (nSPS) is 28.9. The number of aromatic nitrogens is 1. The molecule has 144 valence electrons. The van der Waals surface area contributed by atoms with Crippen molar-refractivity contribution in [2.45, 2.75) is 56.9 Å². The SMILES string of the molecule is CC(=O)N[C@]1(C)CCOC2(CCN(Cc3c(Cl)cncc3Cl)CC2)[C@H]1O. The van der Waals surface area contributed by atoms with Crippen LogP contribution in [-0.4, -0.2) is 57.8 Å². The predicted octanol–water partition coefficient (Wildman–Crippen LogP) is 2.40. The number of halogens is 2. The van der Waals surface area contributed by atoms with Gasteiger partial charge in [-0.05, 0) is 26.2 Å². The molecule has 2 aliphatic heterocycles. The number of nitrogens with zero attached hydrogens (tertiary/aromatic N) is 2. The molecule has 1 aromatic rings. The third-order valence-corrected chi connectivity index (χ3v) is 6.26. The molecule has 8 heteroatoms. The van der Waals surface area contributed by atoms with Crippen molar-refractivity contribution in [3.63, 3.8) is 0 Å². The number of rotatable bonds is 3. The number of hydrogen-bond acceptors (Lipinski definition) is 5. The quantitative estimate of drug-likeness (QED) is 0.812. The highest BCUT2D eigenvalue weighted by Gasteiger charge is 2.53. The smallest absolute Gasteiger partial charge is 0.217 e. The maximum Gasteiger partial charge on any atom is 0.217 e. The molecular weight excluding hydrogens is 377 g/mol. The van der Waals surface area contributed by atoms with Gasteiger partial charge < -0.3 is 15.2 Å². The lowest BCUT2D eigenvalue weighted by Crippen LogP contribution is -2.69. The van der Waals surface area contributed by atoms with E-state index < -0.39 is 17.2 Å². The molecule has 3 heterocycles. The average Bonchev–Trinajstić information content (AvgIpc) is 2.57. The van der Waals surface area contributed by atoms with Gasteiger partial charge >= 0.3 is 0 Å². The topological polar surface area (TPSA) is 74.7 Å². The van der Waals surface area contributed by atoms with Gasteiger partial charge in [-0.1, -0.05) is 23.2 Å². The van der Waals surface area contributed by atoms with Crippen LogP contribution in [0, 0.1) is 0 Å². The Balaban J connectivity index is 1.68. The second-order valence-corrected chi connectivity index (χ2v) is 8.34. The number of hydrogen-bond donors (Lipinski definition) is 2. The molecule has 1 spiro atoms. The van der Waals surface area contributed by atoms with Crippen LogP contribution in [0.1, 0.15) is 38.7 Å². The highest BCUT2D eigenvalue weighted by molar-refractivity contribution is 6.35. The maximum absolute atomic E-state index is 11.6. The lowest BCUT2D eigenvalue weighted by atomic mass is 9.73. The number of carbonyl (C=O) groups excluding carboxylic acids is 1. The van der Waals surface area contributed by atoms with Crippen LogP contribution in [-0.2, 0) is 16.1 Å². The number of nitrogens with one attached hydrogen (secondary N) is 1. The Morgan fingerprint density at radius 2 is 1.96 bits per heavy atom. The number of ether oxygens (including phenoxy) is 1. The largest absolute Gasteiger partial charge is 0.388 e. The van der Waals surface area contributed by atoms with Crippen molar-refractivity contribution in [2.24, 2.45) is 0 Å². The predicted molar refractivity (Wildman–Crippen MR) is 100 cm³/mol. The molecule has 0 saturated carbocycles. The summed E-state index contributed by atoms with van der Waals surface area (Å²) in [5.41, 5.74) is -0.422. The van der Waals surface area contributed by atoms with E-state index in [1.807, 2.05) is 6.92 Å². The standard InChI is InChI=1S/C18H25Cl2N3O3/c1-12(24)22-17(2)5-8-26-18(16(17)25)3-6-23(7-4-18)11-13-14(19)9-21-10-15(13)20/h9-10,16,25H,3-8,11H2,1-2H3,(H,22,24)/t16-,17+/m0/s1. The minimum Gasteiger partial charge on any atom is -0.388 e. The summed E-state index contributed by atoms with van der Waals surface area (Å²) >= 11 is 12.4. The van der Waals surface area contributed by atoms with E-state index in [-0.39, 0.29) is 5.91 Å². The molecule has 2 atom stereocenters.